The Morgan fingerprint density at radius 1 is 1.22 bits per heavy atom. The molecule has 2 aliphatic rings. The van der Waals surface area contributed by atoms with Crippen molar-refractivity contribution >= 4 is 11.4 Å². The molecule has 4 rings (SSSR count). The number of fused-ring (bicyclic) bond motifs is 3. The molecule has 0 bridgehead atoms. The number of benzene rings is 2. The Labute approximate surface area is 156 Å². The SMILES string of the molecule is COc1ccccc1CNc1cc2c(c(C(F)(F)F)c1)NC1CCNCC21. The lowest BCUT2D eigenvalue weighted by atomic mass is 9.89. The van der Waals surface area contributed by atoms with Crippen LogP contribution in [0.5, 0.6) is 5.75 Å². The van der Waals surface area contributed by atoms with Gasteiger partial charge in [-0.05, 0) is 36.7 Å². The molecule has 0 amide bonds. The number of ether oxygens (including phenoxy) is 1. The predicted molar refractivity (Wildman–Crippen MR) is 99.4 cm³/mol. The van der Waals surface area contributed by atoms with Crippen molar-refractivity contribution in [2.24, 2.45) is 0 Å². The van der Waals surface area contributed by atoms with Crippen LogP contribution in [0, 0.1) is 0 Å². The average molecular weight is 377 g/mol. The van der Waals surface area contributed by atoms with E-state index in [0.717, 1.165) is 24.1 Å². The van der Waals surface area contributed by atoms with Crippen molar-refractivity contribution in [2.75, 3.05) is 30.8 Å². The summed E-state index contributed by atoms with van der Waals surface area (Å²) in [4.78, 5) is 0. The molecule has 144 valence electrons. The van der Waals surface area contributed by atoms with E-state index in [2.05, 4.69) is 16.0 Å². The van der Waals surface area contributed by atoms with Crippen LogP contribution in [-0.4, -0.2) is 26.2 Å². The largest absolute Gasteiger partial charge is 0.496 e. The first-order valence-corrected chi connectivity index (χ1v) is 9.05. The fourth-order valence-electron chi connectivity index (χ4n) is 4.03. The molecule has 0 aliphatic carbocycles. The summed E-state index contributed by atoms with van der Waals surface area (Å²) in [5.41, 5.74) is 1.75. The molecule has 2 atom stereocenters. The van der Waals surface area contributed by atoms with Gasteiger partial charge in [0.2, 0.25) is 0 Å². The minimum absolute atomic E-state index is 0.0582. The summed E-state index contributed by atoms with van der Waals surface area (Å²) in [6.07, 6.45) is -3.58. The van der Waals surface area contributed by atoms with E-state index in [-0.39, 0.29) is 17.6 Å². The molecule has 2 unspecified atom stereocenters. The zero-order valence-electron chi connectivity index (χ0n) is 15.0. The zero-order chi connectivity index (χ0) is 19.0. The van der Waals surface area contributed by atoms with Gasteiger partial charge in [0.15, 0.2) is 0 Å². The lowest BCUT2D eigenvalue weighted by Gasteiger charge is -2.26. The van der Waals surface area contributed by atoms with E-state index >= 15 is 0 Å². The first kappa shape index (κ1) is 18.0. The van der Waals surface area contributed by atoms with Gasteiger partial charge in [-0.2, -0.15) is 13.2 Å². The summed E-state index contributed by atoms with van der Waals surface area (Å²) in [6, 6.07) is 10.6. The summed E-state index contributed by atoms with van der Waals surface area (Å²) in [7, 11) is 1.58. The highest BCUT2D eigenvalue weighted by atomic mass is 19.4. The molecule has 0 spiro atoms. The van der Waals surface area contributed by atoms with Gasteiger partial charge in [-0.3, -0.25) is 0 Å². The summed E-state index contributed by atoms with van der Waals surface area (Å²) in [5.74, 6) is 0.767. The number of piperidine rings is 1. The maximum Gasteiger partial charge on any atom is 0.418 e. The number of alkyl halides is 3. The fourth-order valence-corrected chi connectivity index (χ4v) is 4.03. The van der Waals surface area contributed by atoms with Crippen molar-refractivity contribution in [3.05, 3.63) is 53.1 Å². The number of rotatable bonds is 4. The first-order valence-electron chi connectivity index (χ1n) is 9.05. The number of para-hydroxylation sites is 1. The second-order valence-corrected chi connectivity index (χ2v) is 7.00. The quantitative estimate of drug-likeness (QED) is 0.747. The number of nitrogens with one attached hydrogen (secondary N) is 3. The predicted octanol–water partition coefficient (Wildman–Crippen LogP) is 4.20. The van der Waals surface area contributed by atoms with Gasteiger partial charge in [-0.15, -0.1) is 0 Å². The van der Waals surface area contributed by atoms with Crippen molar-refractivity contribution in [3.8, 4) is 5.75 Å². The van der Waals surface area contributed by atoms with Crippen LogP contribution in [0.25, 0.3) is 0 Å². The lowest BCUT2D eigenvalue weighted by Crippen LogP contribution is -2.38. The van der Waals surface area contributed by atoms with Crippen LogP contribution in [0.15, 0.2) is 36.4 Å². The fraction of sp³-hybridized carbons (Fsp3) is 0.400. The Hall–Kier alpha value is -2.41. The summed E-state index contributed by atoms with van der Waals surface area (Å²) in [5, 5.41) is 9.56. The third kappa shape index (κ3) is 3.43. The van der Waals surface area contributed by atoms with E-state index in [4.69, 9.17) is 4.74 Å². The second-order valence-electron chi connectivity index (χ2n) is 7.00. The Bertz CT molecular complexity index is 838. The van der Waals surface area contributed by atoms with Crippen LogP contribution in [0.4, 0.5) is 24.5 Å². The van der Waals surface area contributed by atoms with Gasteiger partial charge in [-0.1, -0.05) is 18.2 Å². The molecule has 1 fully saturated rings. The topological polar surface area (TPSA) is 45.3 Å². The van der Waals surface area contributed by atoms with Crippen LogP contribution >= 0.6 is 0 Å². The Morgan fingerprint density at radius 2 is 2.04 bits per heavy atom. The van der Waals surface area contributed by atoms with Crippen molar-refractivity contribution in [2.45, 2.75) is 31.1 Å². The number of methoxy groups -OCH3 is 1. The average Bonchev–Trinajstić information content (AvgIpc) is 3.03. The maximum atomic E-state index is 13.7. The van der Waals surface area contributed by atoms with E-state index in [0.29, 0.717) is 24.5 Å². The van der Waals surface area contributed by atoms with Crippen LogP contribution < -0.4 is 20.7 Å². The monoisotopic (exact) mass is 377 g/mol. The Balaban J connectivity index is 1.66. The van der Waals surface area contributed by atoms with Crippen LogP contribution in [0.2, 0.25) is 0 Å². The third-order valence-corrected chi connectivity index (χ3v) is 5.36. The van der Waals surface area contributed by atoms with Crippen molar-refractivity contribution in [1.29, 1.82) is 0 Å². The molecular weight excluding hydrogens is 355 g/mol. The van der Waals surface area contributed by atoms with Gasteiger partial charge in [-0.25, -0.2) is 0 Å². The maximum absolute atomic E-state index is 13.7. The van der Waals surface area contributed by atoms with Crippen molar-refractivity contribution < 1.29 is 17.9 Å². The molecule has 0 saturated carbocycles. The lowest BCUT2D eigenvalue weighted by molar-refractivity contribution is -0.136. The normalized spacial score (nSPS) is 21.2. The highest BCUT2D eigenvalue weighted by Gasteiger charge is 2.42. The van der Waals surface area contributed by atoms with E-state index < -0.39 is 11.7 Å². The van der Waals surface area contributed by atoms with Gasteiger partial charge in [0, 0.05) is 36.3 Å². The van der Waals surface area contributed by atoms with E-state index in [1.165, 1.54) is 6.07 Å². The van der Waals surface area contributed by atoms with Gasteiger partial charge >= 0.3 is 6.18 Å². The van der Waals surface area contributed by atoms with Gasteiger partial charge in [0.25, 0.3) is 0 Å². The Kier molecular flexibility index (Phi) is 4.63. The van der Waals surface area contributed by atoms with E-state index in [1.807, 2.05) is 30.3 Å². The minimum Gasteiger partial charge on any atom is -0.496 e. The minimum atomic E-state index is -4.40. The smallest absolute Gasteiger partial charge is 0.418 e. The van der Waals surface area contributed by atoms with Crippen molar-refractivity contribution in [1.82, 2.24) is 5.32 Å². The molecule has 2 heterocycles. The first-order chi connectivity index (χ1) is 13.0. The molecular formula is C20H22F3N3O. The molecule has 1 saturated heterocycles. The van der Waals surface area contributed by atoms with E-state index in [1.54, 1.807) is 7.11 Å². The standard InChI is InChI=1S/C20H22F3N3O/c1-27-18-5-3-2-4-12(18)10-25-13-8-14-15-11-24-7-6-17(15)26-19(14)16(9-13)20(21,22)23/h2-5,8-9,15,17,24-26H,6-7,10-11H2,1H3. The molecule has 4 nitrogen and oxygen atoms in total. The third-order valence-electron chi connectivity index (χ3n) is 5.36. The van der Waals surface area contributed by atoms with Crippen LogP contribution in [0.3, 0.4) is 0 Å². The number of hydrogen-bond donors (Lipinski definition) is 3. The number of halogens is 3. The molecule has 2 aromatic rings. The second kappa shape index (κ2) is 6.96. The van der Waals surface area contributed by atoms with Crippen LogP contribution in [0.1, 0.15) is 29.0 Å². The Morgan fingerprint density at radius 3 is 2.81 bits per heavy atom. The summed E-state index contributed by atoms with van der Waals surface area (Å²) >= 11 is 0. The molecule has 7 heteroatoms. The van der Waals surface area contributed by atoms with E-state index in [9.17, 15) is 13.2 Å². The van der Waals surface area contributed by atoms with Crippen LogP contribution in [-0.2, 0) is 12.7 Å². The molecule has 0 radical (unpaired) electrons. The van der Waals surface area contributed by atoms with Gasteiger partial charge in [0.05, 0.1) is 18.4 Å². The summed E-state index contributed by atoms with van der Waals surface area (Å²) in [6.45, 7) is 1.90. The summed E-state index contributed by atoms with van der Waals surface area (Å²) < 4.78 is 46.4. The highest BCUT2D eigenvalue weighted by Crippen LogP contribution is 2.47. The molecule has 3 N–H and O–H groups in total. The molecule has 2 aromatic carbocycles. The van der Waals surface area contributed by atoms with Gasteiger partial charge < -0.3 is 20.7 Å². The number of hydrogen-bond acceptors (Lipinski definition) is 4. The van der Waals surface area contributed by atoms with Crippen molar-refractivity contribution in [3.63, 3.8) is 0 Å². The highest BCUT2D eigenvalue weighted by molar-refractivity contribution is 5.71. The number of anilines is 2. The molecule has 0 aromatic heterocycles. The van der Waals surface area contributed by atoms with Gasteiger partial charge in [0.1, 0.15) is 5.75 Å². The molecule has 27 heavy (non-hydrogen) atoms. The molecule has 2 aliphatic heterocycles. The zero-order valence-corrected chi connectivity index (χ0v) is 15.0.